The summed E-state index contributed by atoms with van der Waals surface area (Å²) in [5, 5.41) is 5.74. The fourth-order valence-electron chi connectivity index (χ4n) is 10.0. The highest BCUT2D eigenvalue weighted by Crippen LogP contribution is 2.46. The van der Waals surface area contributed by atoms with E-state index in [0.717, 1.165) is 0 Å². The maximum atomic E-state index is 2.59. The first-order valence-corrected chi connectivity index (χ1v) is 21.8. The van der Waals surface area contributed by atoms with Crippen molar-refractivity contribution in [2.75, 3.05) is 9.80 Å². The monoisotopic (exact) mass is 732 g/mol. The highest BCUT2D eigenvalue weighted by atomic mass is 28.3. The van der Waals surface area contributed by atoms with Gasteiger partial charge in [0.05, 0.1) is 0 Å². The molecule has 0 atom stereocenters. The standard InChI is InChI=1S/C52H41BN2Si/c1-52(2,3)36-33-47-51-48(34-36)55(46-29-17-15-27-44(46)53(51)43-26-14-16-28-45(43)54(47)37-19-7-4-8-20-37)38-31-32-42-41-25-13-18-30-49(41)56(50(42)35-38,39-21-9-5-10-22-39)40-23-11-6-12-24-40/h4-35H,1-3H3. The van der Waals surface area contributed by atoms with Crippen LogP contribution in [0.25, 0.3) is 11.1 Å². The molecular formula is C52H41BN2Si. The van der Waals surface area contributed by atoms with E-state index in [1.54, 1.807) is 0 Å². The fraction of sp³-hybridized carbons (Fsp3) is 0.0769. The van der Waals surface area contributed by atoms with E-state index in [2.05, 4.69) is 225 Å². The van der Waals surface area contributed by atoms with E-state index >= 15 is 0 Å². The summed E-state index contributed by atoms with van der Waals surface area (Å²) >= 11 is 0. The van der Waals surface area contributed by atoms with E-state index in [1.807, 2.05) is 0 Å². The lowest BCUT2D eigenvalue weighted by molar-refractivity contribution is 0.590. The van der Waals surface area contributed by atoms with Crippen LogP contribution >= 0.6 is 0 Å². The Bertz CT molecular complexity index is 2770. The molecule has 0 N–H and O–H groups in total. The summed E-state index contributed by atoms with van der Waals surface area (Å²) in [4.78, 5) is 5.10. The fourth-order valence-corrected chi connectivity index (χ4v) is 15.2. The molecule has 8 aromatic rings. The lowest BCUT2D eigenvalue weighted by Gasteiger charge is -2.45. The van der Waals surface area contributed by atoms with Crippen LogP contribution in [0, 0.1) is 0 Å². The minimum absolute atomic E-state index is 0.0781. The molecule has 0 spiro atoms. The Morgan fingerprint density at radius 2 is 0.893 bits per heavy atom. The number of fused-ring (bicyclic) bond motifs is 7. The molecule has 3 heterocycles. The van der Waals surface area contributed by atoms with E-state index in [9.17, 15) is 0 Å². The molecule has 0 unspecified atom stereocenters. The van der Waals surface area contributed by atoms with E-state index in [4.69, 9.17) is 0 Å². The van der Waals surface area contributed by atoms with Gasteiger partial charge in [-0.25, -0.2) is 0 Å². The minimum atomic E-state index is -2.70. The van der Waals surface area contributed by atoms with Crippen molar-refractivity contribution in [3.8, 4) is 11.1 Å². The van der Waals surface area contributed by atoms with Crippen molar-refractivity contribution in [3.05, 3.63) is 200 Å². The van der Waals surface area contributed by atoms with Crippen molar-refractivity contribution in [2.24, 2.45) is 0 Å². The SMILES string of the molecule is CC(C)(C)c1cc2c3c(c1)N(c1ccc4c(c1)[Si](c1ccccc1)(c1ccccc1)c1ccccc1-4)c1ccccc1B3c1ccccc1N2c1ccccc1. The van der Waals surface area contributed by atoms with Crippen LogP contribution in [0.2, 0.25) is 0 Å². The van der Waals surface area contributed by atoms with Crippen molar-refractivity contribution in [2.45, 2.75) is 26.2 Å². The molecule has 11 rings (SSSR count). The molecule has 0 amide bonds. The van der Waals surface area contributed by atoms with Crippen LogP contribution in [-0.2, 0) is 5.41 Å². The van der Waals surface area contributed by atoms with Crippen molar-refractivity contribution in [3.63, 3.8) is 0 Å². The Labute approximate surface area is 331 Å². The topological polar surface area (TPSA) is 6.48 Å². The first-order chi connectivity index (χ1) is 27.4. The molecule has 8 aromatic carbocycles. The predicted molar refractivity (Wildman–Crippen MR) is 242 cm³/mol. The molecule has 0 aliphatic carbocycles. The van der Waals surface area contributed by atoms with E-state index < -0.39 is 8.07 Å². The van der Waals surface area contributed by atoms with Gasteiger partial charge in [0, 0.05) is 34.1 Å². The van der Waals surface area contributed by atoms with Gasteiger partial charge in [-0.2, -0.15) is 0 Å². The van der Waals surface area contributed by atoms with Gasteiger partial charge in [0.1, 0.15) is 0 Å². The summed E-state index contributed by atoms with van der Waals surface area (Å²) in [6.07, 6.45) is 0. The van der Waals surface area contributed by atoms with E-state index in [-0.39, 0.29) is 12.1 Å². The van der Waals surface area contributed by atoms with Gasteiger partial charge in [-0.05, 0) is 108 Å². The molecule has 3 aliphatic rings. The zero-order chi connectivity index (χ0) is 37.6. The summed E-state index contributed by atoms with van der Waals surface area (Å²) in [7, 11) is -2.70. The molecule has 3 aliphatic heterocycles. The highest BCUT2D eigenvalue weighted by Gasteiger charge is 2.49. The molecule has 266 valence electrons. The second-order valence-electron chi connectivity index (χ2n) is 16.5. The van der Waals surface area contributed by atoms with Gasteiger partial charge in [0.25, 0.3) is 6.71 Å². The average Bonchev–Trinajstić information content (AvgIpc) is 3.54. The molecule has 56 heavy (non-hydrogen) atoms. The first kappa shape index (κ1) is 33.0. The van der Waals surface area contributed by atoms with E-state index in [1.165, 1.54) is 87.9 Å². The van der Waals surface area contributed by atoms with Gasteiger partial charge in [0.15, 0.2) is 8.07 Å². The number of nitrogens with zero attached hydrogens (tertiary/aromatic N) is 2. The van der Waals surface area contributed by atoms with E-state index in [0.29, 0.717) is 0 Å². The number of hydrogen-bond acceptors (Lipinski definition) is 2. The lowest BCUT2D eigenvalue weighted by Crippen LogP contribution is -2.72. The highest BCUT2D eigenvalue weighted by molar-refractivity contribution is 7.22. The van der Waals surface area contributed by atoms with Crippen molar-refractivity contribution < 1.29 is 0 Å². The molecular weight excluding hydrogens is 691 g/mol. The van der Waals surface area contributed by atoms with Gasteiger partial charge < -0.3 is 9.80 Å². The number of anilines is 6. The van der Waals surface area contributed by atoms with Crippen molar-refractivity contribution in [1.29, 1.82) is 0 Å². The Balaban J connectivity index is 1.23. The van der Waals surface area contributed by atoms with Gasteiger partial charge in [-0.15, -0.1) is 0 Å². The maximum absolute atomic E-state index is 2.70. The Hall–Kier alpha value is -6.36. The third kappa shape index (κ3) is 4.63. The number of hydrogen-bond donors (Lipinski definition) is 0. The second kappa shape index (κ2) is 12.3. The van der Waals surface area contributed by atoms with Crippen LogP contribution in [0.4, 0.5) is 34.1 Å². The Morgan fingerprint density at radius 3 is 1.48 bits per heavy atom. The van der Waals surface area contributed by atoms with Gasteiger partial charge in [-0.3, -0.25) is 0 Å². The normalized spacial score (nSPS) is 14.4. The maximum Gasteiger partial charge on any atom is 0.252 e. The molecule has 0 fully saturated rings. The largest absolute Gasteiger partial charge is 0.311 e. The third-order valence-electron chi connectivity index (χ3n) is 12.5. The molecule has 2 nitrogen and oxygen atoms in total. The number of benzene rings is 8. The zero-order valence-corrected chi connectivity index (χ0v) is 32.9. The van der Waals surface area contributed by atoms with Gasteiger partial charge >= 0.3 is 0 Å². The molecule has 0 saturated heterocycles. The minimum Gasteiger partial charge on any atom is -0.311 e. The van der Waals surface area contributed by atoms with Crippen LogP contribution in [0.15, 0.2) is 194 Å². The Morgan fingerprint density at radius 1 is 0.411 bits per heavy atom. The summed E-state index contributed by atoms with van der Waals surface area (Å²) < 4.78 is 0. The van der Waals surface area contributed by atoms with Crippen LogP contribution in [0.5, 0.6) is 0 Å². The smallest absolute Gasteiger partial charge is 0.252 e. The molecule has 0 aromatic heterocycles. The summed E-state index contributed by atoms with van der Waals surface area (Å²) in [6.45, 7) is 7.13. The lowest BCUT2D eigenvalue weighted by atomic mass is 9.33. The zero-order valence-electron chi connectivity index (χ0n) is 31.9. The molecule has 0 saturated carbocycles. The Kier molecular flexibility index (Phi) is 7.27. The van der Waals surface area contributed by atoms with Crippen molar-refractivity contribution >= 4 is 86.0 Å². The predicted octanol–water partition coefficient (Wildman–Crippen LogP) is 8.42. The summed E-state index contributed by atoms with van der Waals surface area (Å²) in [5.41, 5.74) is 15.4. The van der Waals surface area contributed by atoms with Crippen LogP contribution in [0.3, 0.4) is 0 Å². The third-order valence-corrected chi connectivity index (χ3v) is 17.3. The van der Waals surface area contributed by atoms with Crippen LogP contribution in [-0.4, -0.2) is 14.8 Å². The number of para-hydroxylation sites is 3. The summed E-state index contributed by atoms with van der Waals surface area (Å²) in [5.74, 6) is 0. The molecule has 4 heteroatoms. The summed E-state index contributed by atoms with van der Waals surface area (Å²) in [6, 6.07) is 73.3. The average molecular weight is 733 g/mol. The quantitative estimate of drug-likeness (QED) is 0.168. The number of rotatable bonds is 4. The second-order valence-corrected chi connectivity index (χ2v) is 20.2. The first-order valence-electron chi connectivity index (χ1n) is 19.8. The van der Waals surface area contributed by atoms with Crippen LogP contribution < -0.4 is 46.9 Å². The van der Waals surface area contributed by atoms with Gasteiger partial charge in [-0.1, -0.05) is 166 Å². The van der Waals surface area contributed by atoms with Crippen molar-refractivity contribution in [1.82, 2.24) is 0 Å². The van der Waals surface area contributed by atoms with Gasteiger partial charge in [0.2, 0.25) is 0 Å². The molecule has 0 radical (unpaired) electrons. The van der Waals surface area contributed by atoms with Crippen LogP contribution in [0.1, 0.15) is 26.3 Å². The molecule has 0 bridgehead atoms.